The lowest BCUT2D eigenvalue weighted by molar-refractivity contribution is -0.121. The number of nitrogens with two attached hydrogens (primary N) is 1. The first-order valence-electron chi connectivity index (χ1n) is 4.79. The van der Waals surface area contributed by atoms with Crippen molar-refractivity contribution >= 4 is 10.2 Å². The van der Waals surface area contributed by atoms with Crippen LogP contribution in [0.4, 0.5) is 13.2 Å². The lowest BCUT2D eigenvalue weighted by atomic mass is 10.2. The molecule has 2 unspecified atom stereocenters. The molecular formula is C7H14F3N3O2S. The summed E-state index contributed by atoms with van der Waals surface area (Å²) in [5.74, 6) is 0. The molecule has 0 spiro atoms. The Morgan fingerprint density at radius 1 is 1.31 bits per heavy atom. The van der Waals surface area contributed by atoms with E-state index in [2.05, 4.69) is 4.72 Å². The van der Waals surface area contributed by atoms with E-state index in [0.717, 1.165) is 6.42 Å². The fourth-order valence-corrected chi connectivity index (χ4v) is 2.68. The Morgan fingerprint density at radius 3 is 2.38 bits per heavy atom. The average molecular weight is 261 g/mol. The molecule has 1 saturated carbocycles. The summed E-state index contributed by atoms with van der Waals surface area (Å²) in [5, 5.41) is 0. The van der Waals surface area contributed by atoms with Crippen LogP contribution < -0.4 is 15.2 Å². The average Bonchev–Trinajstić information content (AvgIpc) is 2.47. The van der Waals surface area contributed by atoms with E-state index in [4.69, 9.17) is 5.73 Å². The van der Waals surface area contributed by atoms with E-state index in [0.29, 0.717) is 12.8 Å². The van der Waals surface area contributed by atoms with Crippen molar-refractivity contribution in [1.82, 2.24) is 9.44 Å². The summed E-state index contributed by atoms with van der Waals surface area (Å²) < 4.78 is 61.3. The predicted molar refractivity (Wildman–Crippen MR) is 51.7 cm³/mol. The van der Waals surface area contributed by atoms with Gasteiger partial charge >= 0.3 is 6.18 Å². The highest BCUT2D eigenvalue weighted by Crippen LogP contribution is 2.18. The lowest BCUT2D eigenvalue weighted by Gasteiger charge is -2.18. The third-order valence-corrected chi connectivity index (χ3v) is 3.48. The Balaban J connectivity index is 2.46. The van der Waals surface area contributed by atoms with Crippen molar-refractivity contribution in [3.8, 4) is 0 Å². The largest absolute Gasteiger partial charge is 0.402 e. The first-order valence-corrected chi connectivity index (χ1v) is 6.27. The SMILES string of the molecule is NC1CCCC1NS(=O)(=O)NCC(F)(F)F. The van der Waals surface area contributed by atoms with Gasteiger partial charge in [-0.05, 0) is 12.8 Å². The van der Waals surface area contributed by atoms with Gasteiger partial charge < -0.3 is 5.73 Å². The smallest absolute Gasteiger partial charge is 0.326 e. The molecule has 0 saturated heterocycles. The van der Waals surface area contributed by atoms with Crippen molar-refractivity contribution in [1.29, 1.82) is 0 Å². The van der Waals surface area contributed by atoms with Gasteiger partial charge in [0.25, 0.3) is 10.2 Å². The van der Waals surface area contributed by atoms with E-state index >= 15 is 0 Å². The van der Waals surface area contributed by atoms with Gasteiger partial charge in [0.05, 0.1) is 0 Å². The minimum atomic E-state index is -4.56. The molecule has 0 aromatic heterocycles. The van der Waals surface area contributed by atoms with Crippen LogP contribution >= 0.6 is 0 Å². The number of rotatable bonds is 4. The molecule has 16 heavy (non-hydrogen) atoms. The summed E-state index contributed by atoms with van der Waals surface area (Å²) in [7, 11) is -4.13. The number of hydrogen-bond acceptors (Lipinski definition) is 3. The minimum Gasteiger partial charge on any atom is -0.326 e. The van der Waals surface area contributed by atoms with Crippen LogP contribution in [0.5, 0.6) is 0 Å². The van der Waals surface area contributed by atoms with Gasteiger partial charge in [-0.15, -0.1) is 0 Å². The van der Waals surface area contributed by atoms with E-state index in [1.54, 1.807) is 0 Å². The number of nitrogens with one attached hydrogen (secondary N) is 2. The van der Waals surface area contributed by atoms with Crippen molar-refractivity contribution in [3.63, 3.8) is 0 Å². The first-order chi connectivity index (χ1) is 7.20. The van der Waals surface area contributed by atoms with Gasteiger partial charge in [-0.2, -0.15) is 31.0 Å². The standard InChI is InChI=1S/C7H14F3N3O2S/c8-7(9,10)4-12-16(14,15)13-6-3-1-2-5(6)11/h5-6,12-13H,1-4,11H2. The molecule has 2 atom stereocenters. The highest BCUT2D eigenvalue weighted by atomic mass is 32.2. The van der Waals surface area contributed by atoms with Crippen LogP contribution in [0.25, 0.3) is 0 Å². The monoisotopic (exact) mass is 261 g/mol. The van der Waals surface area contributed by atoms with E-state index in [1.165, 1.54) is 4.72 Å². The minimum absolute atomic E-state index is 0.331. The lowest BCUT2D eigenvalue weighted by Crippen LogP contribution is -2.50. The van der Waals surface area contributed by atoms with E-state index in [1.807, 2.05) is 0 Å². The Labute approximate surface area is 91.8 Å². The zero-order chi connectivity index (χ0) is 12.4. The molecule has 0 bridgehead atoms. The maximum atomic E-state index is 11.8. The Morgan fingerprint density at radius 2 is 1.94 bits per heavy atom. The Bertz CT molecular complexity index is 330. The fraction of sp³-hybridized carbons (Fsp3) is 1.00. The zero-order valence-electron chi connectivity index (χ0n) is 8.42. The molecule has 0 radical (unpaired) electrons. The van der Waals surface area contributed by atoms with E-state index in [9.17, 15) is 21.6 Å². The van der Waals surface area contributed by atoms with Crippen LogP contribution in [0.3, 0.4) is 0 Å². The van der Waals surface area contributed by atoms with Crippen LogP contribution in [0.15, 0.2) is 0 Å². The predicted octanol–water partition coefficient (Wildman–Crippen LogP) is -0.148. The Kier molecular flexibility index (Phi) is 4.16. The maximum Gasteiger partial charge on any atom is 0.402 e. The van der Waals surface area contributed by atoms with Crippen LogP contribution in [0.1, 0.15) is 19.3 Å². The van der Waals surface area contributed by atoms with Crippen LogP contribution in [0.2, 0.25) is 0 Å². The van der Waals surface area contributed by atoms with Crippen molar-refractivity contribution in [2.45, 2.75) is 37.5 Å². The summed E-state index contributed by atoms with van der Waals surface area (Å²) in [6.45, 7) is -1.58. The molecule has 5 nitrogen and oxygen atoms in total. The topological polar surface area (TPSA) is 84.2 Å². The van der Waals surface area contributed by atoms with Crippen LogP contribution in [-0.2, 0) is 10.2 Å². The molecule has 96 valence electrons. The molecule has 9 heteroatoms. The molecule has 0 aromatic rings. The summed E-state index contributed by atoms with van der Waals surface area (Å²) in [6.07, 6.45) is -2.57. The molecule has 4 N–H and O–H groups in total. The van der Waals surface area contributed by atoms with Gasteiger partial charge in [0.1, 0.15) is 6.54 Å². The van der Waals surface area contributed by atoms with Crippen molar-refractivity contribution in [3.05, 3.63) is 0 Å². The van der Waals surface area contributed by atoms with Gasteiger partial charge in [-0.3, -0.25) is 0 Å². The summed E-state index contributed by atoms with van der Waals surface area (Å²) in [4.78, 5) is 0. The molecule has 0 aliphatic heterocycles. The highest BCUT2D eigenvalue weighted by molar-refractivity contribution is 7.87. The molecule has 1 aliphatic carbocycles. The quantitative estimate of drug-likeness (QED) is 0.658. The van der Waals surface area contributed by atoms with Gasteiger partial charge in [-0.25, -0.2) is 0 Å². The van der Waals surface area contributed by atoms with Gasteiger partial charge in [0.15, 0.2) is 0 Å². The maximum absolute atomic E-state index is 11.8. The van der Waals surface area contributed by atoms with Crippen LogP contribution in [0, 0.1) is 0 Å². The molecule has 1 fully saturated rings. The number of alkyl halides is 3. The second kappa shape index (κ2) is 4.86. The third-order valence-electron chi connectivity index (χ3n) is 2.34. The van der Waals surface area contributed by atoms with Crippen molar-refractivity contribution in [2.24, 2.45) is 5.73 Å². The van der Waals surface area contributed by atoms with Gasteiger partial charge in [0.2, 0.25) is 0 Å². The van der Waals surface area contributed by atoms with E-state index < -0.39 is 29.0 Å². The second-order valence-corrected chi connectivity index (χ2v) is 5.29. The highest BCUT2D eigenvalue weighted by Gasteiger charge is 2.32. The second-order valence-electron chi connectivity index (χ2n) is 3.76. The first kappa shape index (κ1) is 13.7. The molecule has 0 aromatic carbocycles. The normalized spacial score (nSPS) is 27.2. The molecular weight excluding hydrogens is 247 g/mol. The molecule has 0 heterocycles. The van der Waals surface area contributed by atoms with E-state index in [-0.39, 0.29) is 6.04 Å². The fourth-order valence-electron chi connectivity index (χ4n) is 1.55. The Hall–Kier alpha value is -0.380. The summed E-state index contributed by atoms with van der Waals surface area (Å²) >= 11 is 0. The number of hydrogen-bond donors (Lipinski definition) is 3. The third kappa shape index (κ3) is 4.64. The summed E-state index contributed by atoms with van der Waals surface area (Å²) in [5.41, 5.74) is 5.59. The molecule has 0 amide bonds. The zero-order valence-corrected chi connectivity index (χ0v) is 9.24. The summed E-state index contributed by atoms with van der Waals surface area (Å²) in [6, 6.07) is -0.812. The molecule has 1 aliphatic rings. The van der Waals surface area contributed by atoms with Crippen molar-refractivity contribution < 1.29 is 21.6 Å². The van der Waals surface area contributed by atoms with Gasteiger partial charge in [-0.1, -0.05) is 6.42 Å². The van der Waals surface area contributed by atoms with Crippen molar-refractivity contribution in [2.75, 3.05) is 6.54 Å². The number of halogens is 3. The van der Waals surface area contributed by atoms with Gasteiger partial charge in [0, 0.05) is 12.1 Å². The molecule has 1 rings (SSSR count). The van der Waals surface area contributed by atoms with Crippen LogP contribution in [-0.4, -0.2) is 33.2 Å².